The van der Waals surface area contributed by atoms with Crippen molar-refractivity contribution in [3.8, 4) is 17.2 Å². The molecule has 3 rings (SSSR count). The van der Waals surface area contributed by atoms with Gasteiger partial charge in [-0.2, -0.15) is 0 Å². The lowest BCUT2D eigenvalue weighted by Gasteiger charge is -2.14. The van der Waals surface area contributed by atoms with Gasteiger partial charge in [0.05, 0.1) is 27.0 Å². The number of pyridine rings is 1. The van der Waals surface area contributed by atoms with Gasteiger partial charge in [-0.05, 0) is 13.0 Å². The van der Waals surface area contributed by atoms with Crippen LogP contribution in [-0.4, -0.2) is 36.6 Å². The van der Waals surface area contributed by atoms with Crippen LogP contribution in [0, 0.1) is 6.92 Å². The summed E-state index contributed by atoms with van der Waals surface area (Å²) in [4.78, 5) is 17.2. The molecule has 0 aliphatic heterocycles. The quantitative estimate of drug-likeness (QED) is 0.737. The van der Waals surface area contributed by atoms with Gasteiger partial charge in [0.1, 0.15) is 11.3 Å². The number of benzene rings is 1. The van der Waals surface area contributed by atoms with Crippen LogP contribution in [-0.2, 0) is 0 Å². The minimum atomic E-state index is -0.313. The topological polar surface area (TPSA) is 74.1 Å². The highest BCUT2D eigenvalue weighted by molar-refractivity contribution is 6.30. The fourth-order valence-electron chi connectivity index (χ4n) is 2.75. The molecule has 7 nitrogen and oxygen atoms in total. The fourth-order valence-corrected chi connectivity index (χ4v) is 2.91. The number of hydrogen-bond acceptors (Lipinski definition) is 5. The molecule has 0 aliphatic carbocycles. The molecule has 1 N–H and O–H groups in total. The monoisotopic (exact) mass is 375 g/mol. The number of ether oxygens (including phenoxy) is 3. The molecule has 1 aromatic carbocycles. The van der Waals surface area contributed by atoms with Crippen molar-refractivity contribution in [2.75, 3.05) is 26.6 Å². The number of rotatable bonds is 5. The molecule has 8 heteroatoms. The largest absolute Gasteiger partial charge is 0.493 e. The molecule has 0 aliphatic rings. The Bertz CT molecular complexity index is 959. The molecule has 0 atom stereocenters. The van der Waals surface area contributed by atoms with E-state index in [0.29, 0.717) is 45.0 Å². The van der Waals surface area contributed by atoms with Gasteiger partial charge in [-0.15, -0.1) is 0 Å². The zero-order chi connectivity index (χ0) is 18.8. The summed E-state index contributed by atoms with van der Waals surface area (Å²) >= 11 is 5.99. The maximum atomic E-state index is 12.8. The van der Waals surface area contributed by atoms with Crippen LogP contribution in [0.5, 0.6) is 17.2 Å². The minimum Gasteiger partial charge on any atom is -0.493 e. The van der Waals surface area contributed by atoms with E-state index < -0.39 is 0 Å². The standard InChI is InChI=1S/C18H18ClN3O4/c1-10-16(22-6-5-11(19)7-15(22)20-10)18(23)21-12-8-13(24-2)17(26-4)14(9-12)25-3/h5-9H,1-4H3,(H,21,23). The van der Waals surface area contributed by atoms with Gasteiger partial charge >= 0.3 is 0 Å². The van der Waals surface area contributed by atoms with Gasteiger partial charge in [-0.3, -0.25) is 9.20 Å². The third-order valence-corrected chi connectivity index (χ3v) is 4.14. The number of halogens is 1. The molecule has 2 heterocycles. The van der Waals surface area contributed by atoms with Crippen molar-refractivity contribution in [2.24, 2.45) is 0 Å². The minimum absolute atomic E-state index is 0.313. The second-order valence-electron chi connectivity index (χ2n) is 5.49. The fraction of sp³-hybridized carbons (Fsp3) is 0.222. The lowest BCUT2D eigenvalue weighted by molar-refractivity contribution is 0.102. The summed E-state index contributed by atoms with van der Waals surface area (Å²) in [7, 11) is 4.55. The molecule has 1 amide bonds. The third kappa shape index (κ3) is 3.13. The number of fused-ring (bicyclic) bond motifs is 1. The summed E-state index contributed by atoms with van der Waals surface area (Å²) < 4.78 is 17.6. The zero-order valence-corrected chi connectivity index (χ0v) is 15.5. The second-order valence-corrected chi connectivity index (χ2v) is 5.92. The van der Waals surface area contributed by atoms with Crippen molar-refractivity contribution in [3.63, 3.8) is 0 Å². The van der Waals surface area contributed by atoms with Crippen molar-refractivity contribution in [1.29, 1.82) is 0 Å². The summed E-state index contributed by atoms with van der Waals surface area (Å²) in [6, 6.07) is 6.72. The summed E-state index contributed by atoms with van der Waals surface area (Å²) in [6.07, 6.45) is 1.71. The molecule has 2 aromatic heterocycles. The van der Waals surface area contributed by atoms with E-state index in [2.05, 4.69) is 10.3 Å². The molecular formula is C18H18ClN3O4. The van der Waals surface area contributed by atoms with Gasteiger partial charge in [-0.25, -0.2) is 4.98 Å². The highest BCUT2D eigenvalue weighted by Crippen LogP contribution is 2.40. The number of imidazole rings is 1. The van der Waals surface area contributed by atoms with E-state index in [1.165, 1.54) is 21.3 Å². The maximum Gasteiger partial charge on any atom is 0.274 e. The number of aromatic nitrogens is 2. The Morgan fingerprint density at radius 1 is 1.12 bits per heavy atom. The Morgan fingerprint density at radius 3 is 2.35 bits per heavy atom. The van der Waals surface area contributed by atoms with E-state index in [-0.39, 0.29) is 5.91 Å². The summed E-state index contributed by atoms with van der Waals surface area (Å²) in [6.45, 7) is 1.77. The van der Waals surface area contributed by atoms with Crippen molar-refractivity contribution in [3.05, 3.63) is 46.9 Å². The second kappa shape index (κ2) is 7.13. The SMILES string of the molecule is COc1cc(NC(=O)c2c(C)nc3cc(Cl)ccn23)cc(OC)c1OC. The van der Waals surface area contributed by atoms with Crippen molar-refractivity contribution in [2.45, 2.75) is 6.92 Å². The highest BCUT2D eigenvalue weighted by atomic mass is 35.5. The first-order valence-electron chi connectivity index (χ1n) is 7.74. The summed E-state index contributed by atoms with van der Waals surface area (Å²) in [5, 5.41) is 3.40. The van der Waals surface area contributed by atoms with Crippen LogP contribution >= 0.6 is 11.6 Å². The Labute approximate surface area is 155 Å². The predicted octanol–water partition coefficient (Wildman–Crippen LogP) is 3.57. The van der Waals surface area contributed by atoms with Crippen LogP contribution in [0.4, 0.5) is 5.69 Å². The van der Waals surface area contributed by atoms with E-state index in [4.69, 9.17) is 25.8 Å². The zero-order valence-electron chi connectivity index (χ0n) is 14.8. The van der Waals surface area contributed by atoms with Crippen LogP contribution in [0.15, 0.2) is 30.5 Å². The van der Waals surface area contributed by atoms with Crippen LogP contribution in [0.3, 0.4) is 0 Å². The van der Waals surface area contributed by atoms with Crippen LogP contribution in [0.25, 0.3) is 5.65 Å². The number of hydrogen-bond donors (Lipinski definition) is 1. The first kappa shape index (κ1) is 17.9. The number of anilines is 1. The average Bonchev–Trinajstić information content (AvgIpc) is 2.95. The van der Waals surface area contributed by atoms with Gasteiger partial charge in [-0.1, -0.05) is 11.6 Å². The predicted molar refractivity (Wildman–Crippen MR) is 99.0 cm³/mol. The van der Waals surface area contributed by atoms with Gasteiger partial charge < -0.3 is 19.5 Å². The number of carbonyl (C=O) groups excluding carboxylic acids is 1. The summed E-state index contributed by atoms with van der Waals surface area (Å²) in [5.41, 5.74) is 2.13. The lowest BCUT2D eigenvalue weighted by Crippen LogP contribution is -2.15. The van der Waals surface area contributed by atoms with E-state index in [1.54, 1.807) is 41.8 Å². The highest BCUT2D eigenvalue weighted by Gasteiger charge is 2.19. The first-order chi connectivity index (χ1) is 12.5. The lowest BCUT2D eigenvalue weighted by atomic mass is 10.2. The Kier molecular flexibility index (Phi) is 4.90. The van der Waals surface area contributed by atoms with E-state index in [9.17, 15) is 4.79 Å². The molecule has 0 unspecified atom stereocenters. The van der Waals surface area contributed by atoms with Crippen LogP contribution < -0.4 is 19.5 Å². The first-order valence-corrected chi connectivity index (χ1v) is 8.11. The molecule has 26 heavy (non-hydrogen) atoms. The van der Waals surface area contributed by atoms with Crippen LogP contribution in [0.1, 0.15) is 16.2 Å². The Balaban J connectivity index is 1.99. The molecule has 0 bridgehead atoms. The summed E-state index contributed by atoms with van der Waals surface area (Å²) in [5.74, 6) is 1.04. The molecule has 0 spiro atoms. The Hall–Kier alpha value is -2.93. The third-order valence-electron chi connectivity index (χ3n) is 3.90. The average molecular weight is 376 g/mol. The smallest absolute Gasteiger partial charge is 0.274 e. The van der Waals surface area contributed by atoms with E-state index in [0.717, 1.165) is 0 Å². The number of methoxy groups -OCH3 is 3. The van der Waals surface area contributed by atoms with E-state index in [1.807, 2.05) is 0 Å². The van der Waals surface area contributed by atoms with Gasteiger partial charge in [0.2, 0.25) is 5.75 Å². The molecule has 0 fully saturated rings. The van der Waals surface area contributed by atoms with Crippen molar-refractivity contribution < 1.29 is 19.0 Å². The molecule has 0 saturated heterocycles. The van der Waals surface area contributed by atoms with Crippen molar-refractivity contribution in [1.82, 2.24) is 9.38 Å². The molecular weight excluding hydrogens is 358 g/mol. The Morgan fingerprint density at radius 2 is 1.77 bits per heavy atom. The number of carbonyl (C=O) groups is 1. The van der Waals surface area contributed by atoms with Crippen molar-refractivity contribution >= 4 is 28.8 Å². The van der Waals surface area contributed by atoms with Gasteiger partial charge in [0.15, 0.2) is 11.5 Å². The number of amides is 1. The van der Waals surface area contributed by atoms with E-state index >= 15 is 0 Å². The maximum absolute atomic E-state index is 12.8. The molecule has 136 valence electrons. The van der Waals surface area contributed by atoms with Crippen LogP contribution in [0.2, 0.25) is 5.02 Å². The molecule has 0 radical (unpaired) electrons. The molecule has 3 aromatic rings. The normalized spacial score (nSPS) is 10.7. The number of nitrogens with one attached hydrogen (secondary N) is 1. The number of nitrogens with zero attached hydrogens (tertiary/aromatic N) is 2. The van der Waals surface area contributed by atoms with Gasteiger partial charge in [0, 0.05) is 35.1 Å². The van der Waals surface area contributed by atoms with Gasteiger partial charge in [0.25, 0.3) is 5.91 Å². The number of aryl methyl sites for hydroxylation is 1. The molecule has 0 saturated carbocycles.